The van der Waals surface area contributed by atoms with Crippen LogP contribution in [0.15, 0.2) is 27.8 Å². The quantitative estimate of drug-likeness (QED) is 0.473. The number of rotatable bonds is 1. The van der Waals surface area contributed by atoms with Gasteiger partial charge in [-0.25, -0.2) is 0 Å². The van der Waals surface area contributed by atoms with Gasteiger partial charge < -0.3 is 5.21 Å². The summed E-state index contributed by atoms with van der Waals surface area (Å²) in [5.41, 5.74) is -0.613. The van der Waals surface area contributed by atoms with Gasteiger partial charge in [0.25, 0.3) is 0 Å². The first kappa shape index (κ1) is 11.0. The molecule has 1 aromatic carbocycles. The second-order valence-corrected chi connectivity index (χ2v) is 3.34. The van der Waals surface area contributed by atoms with E-state index in [-0.39, 0.29) is 10.0 Å². The molecule has 1 rings (SSSR count). The molecule has 0 amide bonds. The maximum absolute atomic E-state index is 12.3. The minimum atomic E-state index is -4.42. The molecule has 0 aliphatic heterocycles. The van der Waals surface area contributed by atoms with Crippen LogP contribution in [0, 0.1) is 0 Å². The third kappa shape index (κ3) is 2.47. The lowest BCUT2D eigenvalue weighted by Gasteiger charge is -2.09. The van der Waals surface area contributed by atoms with E-state index in [1.807, 2.05) is 0 Å². The van der Waals surface area contributed by atoms with Gasteiger partial charge in [-0.1, -0.05) is 27.2 Å². The predicted molar refractivity (Wildman–Crippen MR) is 48.5 cm³/mol. The standard InChI is InChI=1S/C8H5BrF3NO/c9-7-2-1-5(4-13-14)3-6(7)8(10,11)12/h1-4,14H/b13-4+. The van der Waals surface area contributed by atoms with Crippen LogP contribution >= 0.6 is 15.9 Å². The van der Waals surface area contributed by atoms with Gasteiger partial charge in [-0.05, 0) is 17.7 Å². The second-order valence-electron chi connectivity index (χ2n) is 2.48. The molecule has 76 valence electrons. The summed E-state index contributed by atoms with van der Waals surface area (Å²) in [5, 5.41) is 10.8. The molecule has 0 spiro atoms. The van der Waals surface area contributed by atoms with E-state index in [0.717, 1.165) is 12.3 Å². The Morgan fingerprint density at radius 3 is 2.50 bits per heavy atom. The zero-order valence-electron chi connectivity index (χ0n) is 6.72. The first-order chi connectivity index (χ1) is 6.45. The Kier molecular flexibility index (Phi) is 3.15. The molecular weight excluding hydrogens is 263 g/mol. The van der Waals surface area contributed by atoms with Gasteiger partial charge in [0.2, 0.25) is 0 Å². The highest BCUT2D eigenvalue weighted by molar-refractivity contribution is 9.10. The highest BCUT2D eigenvalue weighted by atomic mass is 79.9. The third-order valence-electron chi connectivity index (χ3n) is 1.50. The second kappa shape index (κ2) is 4.00. The topological polar surface area (TPSA) is 32.6 Å². The van der Waals surface area contributed by atoms with E-state index in [2.05, 4.69) is 21.1 Å². The highest BCUT2D eigenvalue weighted by Gasteiger charge is 2.32. The molecule has 0 heterocycles. The number of hydrogen-bond acceptors (Lipinski definition) is 2. The van der Waals surface area contributed by atoms with E-state index in [1.54, 1.807) is 0 Å². The van der Waals surface area contributed by atoms with Crippen LogP contribution in [0.25, 0.3) is 0 Å². The molecule has 2 nitrogen and oxygen atoms in total. The first-order valence-electron chi connectivity index (χ1n) is 3.49. The van der Waals surface area contributed by atoms with Crippen LogP contribution in [0.1, 0.15) is 11.1 Å². The van der Waals surface area contributed by atoms with Gasteiger partial charge in [0.1, 0.15) is 0 Å². The Hall–Kier alpha value is -1.04. The van der Waals surface area contributed by atoms with Gasteiger partial charge in [-0.15, -0.1) is 0 Å². The predicted octanol–water partition coefficient (Wildman–Crippen LogP) is 3.28. The Labute approximate surface area is 86.2 Å². The normalized spacial score (nSPS) is 12.3. The average molecular weight is 268 g/mol. The van der Waals surface area contributed by atoms with Crippen molar-refractivity contribution in [2.45, 2.75) is 6.18 Å². The van der Waals surface area contributed by atoms with Gasteiger partial charge in [0, 0.05) is 4.47 Å². The SMILES string of the molecule is O/N=C/c1ccc(Br)c(C(F)(F)F)c1. The highest BCUT2D eigenvalue weighted by Crippen LogP contribution is 2.34. The smallest absolute Gasteiger partial charge is 0.411 e. The fraction of sp³-hybridized carbons (Fsp3) is 0.125. The monoisotopic (exact) mass is 267 g/mol. The number of benzene rings is 1. The fourth-order valence-electron chi connectivity index (χ4n) is 0.907. The van der Waals surface area contributed by atoms with Crippen molar-refractivity contribution in [2.75, 3.05) is 0 Å². The minimum absolute atomic E-state index is 0.0416. The maximum Gasteiger partial charge on any atom is 0.417 e. The van der Waals surface area contributed by atoms with Crippen LogP contribution in [0.2, 0.25) is 0 Å². The van der Waals surface area contributed by atoms with Crippen LogP contribution in [-0.4, -0.2) is 11.4 Å². The van der Waals surface area contributed by atoms with Gasteiger partial charge in [0.15, 0.2) is 0 Å². The lowest BCUT2D eigenvalue weighted by Crippen LogP contribution is -2.06. The van der Waals surface area contributed by atoms with Crippen LogP contribution in [0.5, 0.6) is 0 Å². The summed E-state index contributed by atoms with van der Waals surface area (Å²) in [5.74, 6) is 0. The third-order valence-corrected chi connectivity index (χ3v) is 2.19. The molecule has 1 N–H and O–H groups in total. The molecule has 14 heavy (non-hydrogen) atoms. The summed E-state index contributed by atoms with van der Waals surface area (Å²) in [7, 11) is 0. The zero-order chi connectivity index (χ0) is 10.8. The Bertz CT molecular complexity index is 362. The van der Waals surface area contributed by atoms with E-state index in [9.17, 15) is 13.2 Å². The number of oxime groups is 1. The van der Waals surface area contributed by atoms with Crippen LogP contribution in [0.4, 0.5) is 13.2 Å². The van der Waals surface area contributed by atoms with Crippen molar-refractivity contribution in [2.24, 2.45) is 5.16 Å². The molecular formula is C8H5BrF3NO. The summed E-state index contributed by atoms with van der Waals surface area (Å²) in [6, 6.07) is 3.54. The van der Waals surface area contributed by atoms with Gasteiger partial charge in [0.05, 0.1) is 11.8 Å². The fourth-order valence-corrected chi connectivity index (χ4v) is 1.38. The van der Waals surface area contributed by atoms with Crippen molar-refractivity contribution in [3.8, 4) is 0 Å². The zero-order valence-corrected chi connectivity index (χ0v) is 8.30. The number of nitrogens with zero attached hydrogens (tertiary/aromatic N) is 1. The largest absolute Gasteiger partial charge is 0.417 e. The van der Waals surface area contributed by atoms with Crippen molar-refractivity contribution >= 4 is 22.1 Å². The molecule has 0 aliphatic carbocycles. The molecule has 0 radical (unpaired) electrons. The molecule has 1 aromatic rings. The Morgan fingerprint density at radius 2 is 2.00 bits per heavy atom. The van der Waals surface area contributed by atoms with E-state index in [1.165, 1.54) is 12.1 Å². The van der Waals surface area contributed by atoms with Crippen molar-refractivity contribution in [3.05, 3.63) is 33.8 Å². The van der Waals surface area contributed by atoms with Gasteiger partial charge in [-0.3, -0.25) is 0 Å². The molecule has 0 bridgehead atoms. The van der Waals surface area contributed by atoms with Crippen LogP contribution < -0.4 is 0 Å². The van der Waals surface area contributed by atoms with E-state index in [0.29, 0.717) is 0 Å². The van der Waals surface area contributed by atoms with Gasteiger partial charge in [-0.2, -0.15) is 13.2 Å². The number of alkyl halides is 3. The molecule has 0 unspecified atom stereocenters. The molecule has 6 heteroatoms. The van der Waals surface area contributed by atoms with Crippen LogP contribution in [0.3, 0.4) is 0 Å². The summed E-state index contributed by atoms with van der Waals surface area (Å²) >= 11 is 2.79. The first-order valence-corrected chi connectivity index (χ1v) is 4.28. The maximum atomic E-state index is 12.3. The summed E-state index contributed by atoms with van der Waals surface area (Å²) < 4.78 is 37.0. The van der Waals surface area contributed by atoms with Crippen molar-refractivity contribution in [1.29, 1.82) is 0 Å². The minimum Gasteiger partial charge on any atom is -0.411 e. The lowest BCUT2D eigenvalue weighted by atomic mass is 10.1. The molecule has 0 aromatic heterocycles. The van der Waals surface area contributed by atoms with Crippen molar-refractivity contribution < 1.29 is 18.4 Å². The van der Waals surface area contributed by atoms with Gasteiger partial charge >= 0.3 is 6.18 Å². The molecule has 0 atom stereocenters. The molecule has 0 saturated heterocycles. The lowest BCUT2D eigenvalue weighted by molar-refractivity contribution is -0.138. The average Bonchev–Trinajstić information content (AvgIpc) is 2.07. The Balaban J connectivity index is 3.22. The molecule has 0 saturated carbocycles. The van der Waals surface area contributed by atoms with Crippen molar-refractivity contribution in [1.82, 2.24) is 0 Å². The summed E-state index contributed by atoms with van der Waals surface area (Å²) in [4.78, 5) is 0. The summed E-state index contributed by atoms with van der Waals surface area (Å²) in [6.45, 7) is 0. The van der Waals surface area contributed by atoms with E-state index >= 15 is 0 Å². The summed E-state index contributed by atoms with van der Waals surface area (Å²) in [6.07, 6.45) is -3.49. The number of hydrogen-bond donors (Lipinski definition) is 1. The van der Waals surface area contributed by atoms with E-state index in [4.69, 9.17) is 5.21 Å². The van der Waals surface area contributed by atoms with E-state index < -0.39 is 11.7 Å². The molecule has 0 fully saturated rings. The number of halogens is 4. The van der Waals surface area contributed by atoms with Crippen LogP contribution in [-0.2, 0) is 6.18 Å². The Morgan fingerprint density at radius 1 is 1.36 bits per heavy atom. The molecule has 0 aliphatic rings. The van der Waals surface area contributed by atoms with Crippen molar-refractivity contribution in [3.63, 3.8) is 0 Å².